The molecule has 0 saturated heterocycles. The molecule has 0 spiro atoms. The molecule has 0 saturated carbocycles. The first kappa shape index (κ1) is 23.3. The van der Waals surface area contributed by atoms with Crippen LogP contribution in [0.3, 0.4) is 0 Å². The Hall–Kier alpha value is -5.46. The van der Waals surface area contributed by atoms with Crippen molar-refractivity contribution in [2.24, 2.45) is 0 Å². The summed E-state index contributed by atoms with van der Waals surface area (Å²) in [6.45, 7) is 0. The van der Waals surface area contributed by atoms with Gasteiger partial charge in [-0.1, -0.05) is 152 Å². The monoisotopic (exact) mass is 530 g/mol. The second-order valence-corrected chi connectivity index (χ2v) is 11.3. The molecular weight excluding hydrogens is 504 g/mol. The van der Waals surface area contributed by atoms with E-state index in [-0.39, 0.29) is 0 Å². The van der Waals surface area contributed by atoms with Crippen LogP contribution in [0.4, 0.5) is 0 Å². The fourth-order valence-corrected chi connectivity index (χ4v) is 7.08. The standard InChI is InChI=1S/C42H26/c1-2-9-32-26-33(23-16-27(32)8-1)42-38-13-5-3-11-36(38)41(37-12-4-6-14-39(37)42)31-19-17-28(18-20-31)34-25-24-30-22-21-29-10-7-15-35(34)40(29)30/h1-26H. The average molecular weight is 531 g/mol. The van der Waals surface area contributed by atoms with Crippen molar-refractivity contribution in [2.45, 2.75) is 0 Å². The summed E-state index contributed by atoms with van der Waals surface area (Å²) in [5, 5.41) is 10.3. The smallest absolute Gasteiger partial charge is 0.00262 e. The lowest BCUT2D eigenvalue weighted by Gasteiger charge is -2.18. The van der Waals surface area contributed by atoms with Crippen molar-refractivity contribution < 1.29 is 0 Å². The van der Waals surface area contributed by atoms with E-state index in [4.69, 9.17) is 0 Å². The largest absolute Gasteiger partial charge is 0.0616 e. The van der Waals surface area contributed by atoms with Gasteiger partial charge in [-0.3, -0.25) is 0 Å². The Balaban J connectivity index is 1.26. The molecule has 0 heteroatoms. The molecule has 9 rings (SSSR count). The number of hydrogen-bond acceptors (Lipinski definition) is 0. The molecule has 0 unspecified atom stereocenters. The molecule has 0 aromatic heterocycles. The SMILES string of the molecule is C1=Cc2ccc(-c3ccc(-c4c5ccccc5c(-c5ccc6ccccc6c5)c5ccccc45)cc3)c3cccc1c23. The lowest BCUT2D eigenvalue weighted by Crippen LogP contribution is -1.91. The topological polar surface area (TPSA) is 0 Å². The molecule has 0 nitrogen and oxygen atoms in total. The Bertz CT molecular complexity index is 2320. The van der Waals surface area contributed by atoms with Gasteiger partial charge in [-0.25, -0.2) is 0 Å². The Kier molecular flexibility index (Phi) is 5.00. The third-order valence-corrected chi connectivity index (χ3v) is 9.00. The van der Waals surface area contributed by atoms with Crippen molar-refractivity contribution in [3.8, 4) is 33.4 Å². The van der Waals surface area contributed by atoms with Gasteiger partial charge in [0.2, 0.25) is 0 Å². The summed E-state index contributed by atoms with van der Waals surface area (Å²) in [6, 6.07) is 53.6. The third-order valence-electron chi connectivity index (χ3n) is 9.00. The van der Waals surface area contributed by atoms with Crippen molar-refractivity contribution in [1.29, 1.82) is 0 Å². The minimum absolute atomic E-state index is 1.24. The number of hydrogen-bond donors (Lipinski definition) is 0. The maximum Gasteiger partial charge on any atom is -0.00262 e. The van der Waals surface area contributed by atoms with E-state index in [2.05, 4.69) is 158 Å². The van der Waals surface area contributed by atoms with E-state index in [1.54, 1.807) is 0 Å². The Morgan fingerprint density at radius 2 is 0.833 bits per heavy atom. The summed E-state index contributed by atoms with van der Waals surface area (Å²) >= 11 is 0. The van der Waals surface area contributed by atoms with Gasteiger partial charge in [0.05, 0.1) is 0 Å². The summed E-state index contributed by atoms with van der Waals surface area (Å²) in [6.07, 6.45) is 4.45. The first-order valence-electron chi connectivity index (χ1n) is 14.6. The molecule has 0 radical (unpaired) electrons. The zero-order valence-electron chi connectivity index (χ0n) is 23.0. The number of rotatable bonds is 3. The van der Waals surface area contributed by atoms with Crippen molar-refractivity contribution in [2.75, 3.05) is 0 Å². The molecule has 0 N–H and O–H groups in total. The second-order valence-electron chi connectivity index (χ2n) is 11.3. The predicted molar refractivity (Wildman–Crippen MR) is 182 cm³/mol. The average Bonchev–Trinajstić information content (AvgIpc) is 3.48. The van der Waals surface area contributed by atoms with Gasteiger partial charge in [-0.05, 0) is 93.7 Å². The summed E-state index contributed by atoms with van der Waals surface area (Å²) < 4.78 is 0. The van der Waals surface area contributed by atoms with Gasteiger partial charge in [0.25, 0.3) is 0 Å². The highest BCUT2D eigenvalue weighted by molar-refractivity contribution is 6.22. The minimum Gasteiger partial charge on any atom is -0.0616 e. The first-order valence-corrected chi connectivity index (χ1v) is 14.6. The van der Waals surface area contributed by atoms with Crippen LogP contribution >= 0.6 is 0 Å². The minimum atomic E-state index is 1.24. The van der Waals surface area contributed by atoms with E-state index in [9.17, 15) is 0 Å². The van der Waals surface area contributed by atoms with Gasteiger partial charge in [0.1, 0.15) is 0 Å². The lowest BCUT2D eigenvalue weighted by molar-refractivity contribution is 1.63. The molecule has 0 aliphatic heterocycles. The summed E-state index contributed by atoms with van der Waals surface area (Å²) in [7, 11) is 0. The molecule has 42 heavy (non-hydrogen) atoms. The lowest BCUT2D eigenvalue weighted by atomic mass is 9.85. The van der Waals surface area contributed by atoms with Crippen LogP contribution in [0.5, 0.6) is 0 Å². The van der Waals surface area contributed by atoms with Gasteiger partial charge in [0.15, 0.2) is 0 Å². The summed E-state index contributed by atoms with van der Waals surface area (Å²) in [5.41, 5.74) is 10.2. The molecular formula is C42H26. The van der Waals surface area contributed by atoms with Crippen LogP contribution in [0, 0.1) is 0 Å². The van der Waals surface area contributed by atoms with Gasteiger partial charge in [-0.2, -0.15) is 0 Å². The van der Waals surface area contributed by atoms with E-state index in [1.807, 2.05) is 0 Å². The zero-order valence-corrected chi connectivity index (χ0v) is 23.0. The zero-order chi connectivity index (χ0) is 27.6. The van der Waals surface area contributed by atoms with E-state index in [0.717, 1.165) is 0 Å². The maximum atomic E-state index is 2.34. The van der Waals surface area contributed by atoms with E-state index < -0.39 is 0 Å². The van der Waals surface area contributed by atoms with Gasteiger partial charge in [0, 0.05) is 0 Å². The Morgan fingerprint density at radius 3 is 1.52 bits per heavy atom. The van der Waals surface area contributed by atoms with Crippen molar-refractivity contribution >= 4 is 55.2 Å². The van der Waals surface area contributed by atoms with Crippen LogP contribution in [-0.4, -0.2) is 0 Å². The molecule has 0 heterocycles. The van der Waals surface area contributed by atoms with E-state index in [0.29, 0.717) is 0 Å². The fraction of sp³-hybridized carbons (Fsp3) is 0. The Morgan fingerprint density at radius 1 is 0.310 bits per heavy atom. The maximum absolute atomic E-state index is 2.34. The second kappa shape index (κ2) is 9.03. The predicted octanol–water partition coefficient (Wildman–Crippen LogP) is 11.8. The highest BCUT2D eigenvalue weighted by Crippen LogP contribution is 2.45. The summed E-state index contributed by atoms with van der Waals surface area (Å²) in [4.78, 5) is 0. The van der Waals surface area contributed by atoms with E-state index >= 15 is 0 Å². The van der Waals surface area contributed by atoms with Crippen LogP contribution in [0.15, 0.2) is 146 Å². The number of benzene rings is 8. The van der Waals surface area contributed by atoms with Crippen LogP contribution in [0.1, 0.15) is 11.1 Å². The molecule has 0 amide bonds. The van der Waals surface area contributed by atoms with Gasteiger partial charge < -0.3 is 0 Å². The highest BCUT2D eigenvalue weighted by Gasteiger charge is 2.17. The molecule has 194 valence electrons. The number of fused-ring (bicyclic) bond motifs is 3. The van der Waals surface area contributed by atoms with Crippen LogP contribution in [0.25, 0.3) is 88.6 Å². The molecule has 8 aromatic carbocycles. The summed E-state index contributed by atoms with van der Waals surface area (Å²) in [5.74, 6) is 0. The highest BCUT2D eigenvalue weighted by atomic mass is 14.2. The third kappa shape index (κ3) is 3.42. The van der Waals surface area contributed by atoms with Crippen LogP contribution in [0.2, 0.25) is 0 Å². The molecule has 0 fully saturated rings. The van der Waals surface area contributed by atoms with Crippen molar-refractivity contribution in [3.63, 3.8) is 0 Å². The van der Waals surface area contributed by atoms with Crippen molar-refractivity contribution in [3.05, 3.63) is 157 Å². The molecule has 0 bridgehead atoms. The molecule has 0 atom stereocenters. The molecule has 8 aromatic rings. The van der Waals surface area contributed by atoms with E-state index in [1.165, 1.54) is 87.6 Å². The normalized spacial score (nSPS) is 12.2. The molecule has 1 aliphatic carbocycles. The Labute approximate surface area is 244 Å². The molecule has 1 aliphatic rings. The van der Waals surface area contributed by atoms with Crippen LogP contribution in [-0.2, 0) is 0 Å². The first-order chi connectivity index (χ1) is 20.8. The van der Waals surface area contributed by atoms with Crippen molar-refractivity contribution in [1.82, 2.24) is 0 Å². The van der Waals surface area contributed by atoms with Crippen LogP contribution < -0.4 is 0 Å². The fourth-order valence-electron chi connectivity index (χ4n) is 7.08. The van der Waals surface area contributed by atoms with Gasteiger partial charge >= 0.3 is 0 Å². The quantitative estimate of drug-likeness (QED) is 0.199. The van der Waals surface area contributed by atoms with Gasteiger partial charge in [-0.15, -0.1) is 0 Å².